The first-order chi connectivity index (χ1) is 9.06. The second kappa shape index (κ2) is 7.59. The molecular formula is C14H15ClO4. The maximum absolute atomic E-state index is 11.3. The molecule has 0 bridgehead atoms. The van der Waals surface area contributed by atoms with Crippen LogP contribution >= 0.6 is 11.6 Å². The Balaban J connectivity index is 2.99. The van der Waals surface area contributed by atoms with Crippen LogP contribution in [-0.2, 0) is 16.0 Å². The molecule has 0 aromatic heterocycles. The number of carboxylic acids is 1. The molecular weight excluding hydrogens is 268 g/mol. The molecule has 0 radical (unpaired) electrons. The summed E-state index contributed by atoms with van der Waals surface area (Å²) >= 11 is 5.46. The zero-order valence-electron chi connectivity index (χ0n) is 10.6. The Kier molecular flexibility index (Phi) is 6.09. The van der Waals surface area contributed by atoms with Gasteiger partial charge in [0, 0.05) is 18.1 Å². The van der Waals surface area contributed by atoms with Gasteiger partial charge in [-0.3, -0.25) is 4.79 Å². The Morgan fingerprint density at radius 1 is 1.42 bits per heavy atom. The third-order valence-electron chi connectivity index (χ3n) is 2.33. The number of carbonyl (C=O) groups is 2. The Hall–Kier alpha value is -1.81. The predicted octanol–water partition coefficient (Wildman–Crippen LogP) is 2.53. The van der Waals surface area contributed by atoms with Crippen molar-refractivity contribution in [3.63, 3.8) is 0 Å². The fourth-order valence-corrected chi connectivity index (χ4v) is 1.64. The van der Waals surface area contributed by atoms with Crippen molar-refractivity contribution >= 4 is 29.4 Å². The molecule has 0 unspecified atom stereocenters. The van der Waals surface area contributed by atoms with Crippen LogP contribution < -0.4 is 4.74 Å². The maximum atomic E-state index is 11.3. The molecule has 1 aromatic carbocycles. The zero-order chi connectivity index (χ0) is 14.3. The van der Waals surface area contributed by atoms with Crippen LogP contribution in [-0.4, -0.2) is 29.3 Å². The molecule has 1 N–H and O–H groups in total. The highest BCUT2D eigenvalue weighted by molar-refractivity contribution is 6.27. The summed E-state index contributed by atoms with van der Waals surface area (Å²) in [6.45, 7) is 2.29. The Morgan fingerprint density at radius 2 is 2.16 bits per heavy atom. The number of rotatable bonds is 7. The second-order valence-corrected chi connectivity index (χ2v) is 4.09. The largest absolute Gasteiger partial charge is 0.493 e. The van der Waals surface area contributed by atoms with Gasteiger partial charge in [0.1, 0.15) is 5.75 Å². The summed E-state index contributed by atoms with van der Waals surface area (Å²) < 4.78 is 5.44. The number of hydrogen-bond donors (Lipinski definition) is 1. The molecule has 0 spiro atoms. The SMILES string of the molecule is CCOc1cc(CC(=O)CCl)ccc1/C=C/C(=O)O. The average molecular weight is 283 g/mol. The topological polar surface area (TPSA) is 63.6 Å². The van der Waals surface area contributed by atoms with Crippen LogP contribution in [0.5, 0.6) is 5.75 Å². The van der Waals surface area contributed by atoms with Crippen molar-refractivity contribution in [1.82, 2.24) is 0 Å². The highest BCUT2D eigenvalue weighted by Crippen LogP contribution is 2.22. The number of ether oxygens (including phenoxy) is 1. The van der Waals surface area contributed by atoms with Crippen LogP contribution in [0.25, 0.3) is 6.08 Å². The molecule has 0 saturated carbocycles. The molecule has 0 saturated heterocycles. The molecule has 19 heavy (non-hydrogen) atoms. The zero-order valence-corrected chi connectivity index (χ0v) is 11.3. The van der Waals surface area contributed by atoms with Crippen LogP contribution in [0.2, 0.25) is 0 Å². The smallest absolute Gasteiger partial charge is 0.328 e. The highest BCUT2D eigenvalue weighted by Gasteiger charge is 2.07. The van der Waals surface area contributed by atoms with Crippen LogP contribution in [0.3, 0.4) is 0 Å². The van der Waals surface area contributed by atoms with E-state index in [1.54, 1.807) is 18.2 Å². The van der Waals surface area contributed by atoms with Gasteiger partial charge in [0.2, 0.25) is 0 Å². The lowest BCUT2D eigenvalue weighted by Crippen LogP contribution is -2.04. The quantitative estimate of drug-likeness (QED) is 0.616. The van der Waals surface area contributed by atoms with Crippen molar-refractivity contribution < 1.29 is 19.4 Å². The lowest BCUT2D eigenvalue weighted by atomic mass is 10.1. The van der Waals surface area contributed by atoms with Crippen molar-refractivity contribution in [2.75, 3.05) is 12.5 Å². The van der Waals surface area contributed by atoms with E-state index in [-0.39, 0.29) is 18.1 Å². The molecule has 4 nitrogen and oxygen atoms in total. The third kappa shape index (κ3) is 5.14. The molecule has 1 aromatic rings. The van der Waals surface area contributed by atoms with Gasteiger partial charge in [0.05, 0.1) is 12.5 Å². The van der Waals surface area contributed by atoms with Gasteiger partial charge in [-0.25, -0.2) is 4.79 Å². The number of Topliss-reactive ketones (excluding diaryl/α,β-unsaturated/α-hetero) is 1. The number of halogens is 1. The van der Waals surface area contributed by atoms with Gasteiger partial charge in [-0.1, -0.05) is 12.1 Å². The summed E-state index contributed by atoms with van der Waals surface area (Å²) in [7, 11) is 0. The van der Waals surface area contributed by atoms with Crippen LogP contribution in [0.1, 0.15) is 18.1 Å². The molecule has 102 valence electrons. The van der Waals surface area contributed by atoms with Gasteiger partial charge in [-0.15, -0.1) is 11.6 Å². The van der Waals surface area contributed by atoms with Crippen molar-refractivity contribution in [2.45, 2.75) is 13.3 Å². The molecule has 1 rings (SSSR count). The van der Waals surface area contributed by atoms with E-state index in [1.807, 2.05) is 6.92 Å². The van der Waals surface area contributed by atoms with Crippen LogP contribution in [0.15, 0.2) is 24.3 Å². The summed E-state index contributed by atoms with van der Waals surface area (Å²) in [6.07, 6.45) is 2.74. The van der Waals surface area contributed by atoms with E-state index in [4.69, 9.17) is 21.4 Å². The fourth-order valence-electron chi connectivity index (χ4n) is 1.54. The lowest BCUT2D eigenvalue weighted by molar-refractivity contribution is -0.131. The predicted molar refractivity (Wildman–Crippen MR) is 73.7 cm³/mol. The molecule has 0 atom stereocenters. The first-order valence-corrected chi connectivity index (χ1v) is 6.34. The first-order valence-electron chi connectivity index (χ1n) is 5.81. The Bertz CT molecular complexity index is 494. The van der Waals surface area contributed by atoms with Crippen molar-refractivity contribution in [1.29, 1.82) is 0 Å². The molecule has 0 aliphatic carbocycles. The monoisotopic (exact) mass is 282 g/mol. The Labute approximate surface area is 116 Å². The van der Waals surface area contributed by atoms with E-state index in [0.717, 1.165) is 11.6 Å². The number of aliphatic carboxylic acids is 1. The average Bonchev–Trinajstić information content (AvgIpc) is 2.38. The fraction of sp³-hybridized carbons (Fsp3) is 0.286. The number of hydrogen-bond acceptors (Lipinski definition) is 3. The number of benzene rings is 1. The summed E-state index contributed by atoms with van der Waals surface area (Å²) in [6, 6.07) is 5.21. The maximum Gasteiger partial charge on any atom is 0.328 e. The van der Waals surface area contributed by atoms with Crippen molar-refractivity contribution in [3.8, 4) is 5.75 Å². The summed E-state index contributed by atoms with van der Waals surface area (Å²) in [5, 5.41) is 8.61. The van der Waals surface area contributed by atoms with E-state index in [2.05, 4.69) is 0 Å². The van der Waals surface area contributed by atoms with Crippen molar-refractivity contribution in [3.05, 3.63) is 35.4 Å². The summed E-state index contributed by atoms with van der Waals surface area (Å²) in [4.78, 5) is 21.8. The summed E-state index contributed by atoms with van der Waals surface area (Å²) in [5.41, 5.74) is 1.45. The standard InChI is InChI=1S/C14H15ClO4/c1-2-19-13-8-10(7-12(16)9-15)3-4-11(13)5-6-14(17)18/h3-6,8H,2,7,9H2,1H3,(H,17,18)/b6-5+. The van der Waals surface area contributed by atoms with E-state index in [0.29, 0.717) is 17.9 Å². The molecule has 0 fully saturated rings. The van der Waals surface area contributed by atoms with Crippen LogP contribution in [0.4, 0.5) is 0 Å². The minimum atomic E-state index is -1.02. The van der Waals surface area contributed by atoms with E-state index >= 15 is 0 Å². The molecule has 0 aliphatic heterocycles. The second-order valence-electron chi connectivity index (χ2n) is 3.83. The van der Waals surface area contributed by atoms with Gasteiger partial charge in [-0.05, 0) is 24.6 Å². The Morgan fingerprint density at radius 3 is 2.74 bits per heavy atom. The molecule has 0 amide bonds. The number of carboxylic acid groups (broad SMARTS) is 1. The van der Waals surface area contributed by atoms with E-state index in [9.17, 15) is 9.59 Å². The van der Waals surface area contributed by atoms with Gasteiger partial charge in [0.15, 0.2) is 5.78 Å². The lowest BCUT2D eigenvalue weighted by Gasteiger charge is -2.09. The molecule has 0 heterocycles. The van der Waals surface area contributed by atoms with Gasteiger partial charge < -0.3 is 9.84 Å². The first kappa shape index (κ1) is 15.2. The van der Waals surface area contributed by atoms with E-state index in [1.165, 1.54) is 6.08 Å². The minimum absolute atomic E-state index is 0.0232. The van der Waals surface area contributed by atoms with Gasteiger partial charge in [-0.2, -0.15) is 0 Å². The minimum Gasteiger partial charge on any atom is -0.493 e. The van der Waals surface area contributed by atoms with Crippen LogP contribution in [0, 0.1) is 0 Å². The third-order valence-corrected chi connectivity index (χ3v) is 2.63. The van der Waals surface area contributed by atoms with E-state index < -0.39 is 5.97 Å². The summed E-state index contributed by atoms with van der Waals surface area (Å²) in [5.74, 6) is -0.563. The molecule has 5 heteroatoms. The van der Waals surface area contributed by atoms with Gasteiger partial charge >= 0.3 is 5.97 Å². The van der Waals surface area contributed by atoms with Crippen molar-refractivity contribution in [2.24, 2.45) is 0 Å². The van der Waals surface area contributed by atoms with Gasteiger partial charge in [0.25, 0.3) is 0 Å². The number of carbonyl (C=O) groups excluding carboxylic acids is 1. The molecule has 0 aliphatic rings. The number of alkyl halides is 1. The number of ketones is 1. The normalized spacial score (nSPS) is 10.6. The highest BCUT2D eigenvalue weighted by atomic mass is 35.5.